The largest absolute Gasteiger partial charge is 0.476 e. The summed E-state index contributed by atoms with van der Waals surface area (Å²) in [4.78, 5) is 22.5. The van der Waals surface area contributed by atoms with Crippen LogP contribution in [0.25, 0.3) is 5.69 Å². The first-order valence-electron chi connectivity index (χ1n) is 5.51. The molecule has 5 nitrogen and oxygen atoms in total. The van der Waals surface area contributed by atoms with E-state index in [2.05, 4.69) is 21.0 Å². The molecule has 0 aliphatic rings. The summed E-state index contributed by atoms with van der Waals surface area (Å²) >= 11 is 3.36. The number of aromatic nitrogens is 2. The Labute approximate surface area is 117 Å². The molecule has 0 unspecified atom stereocenters. The van der Waals surface area contributed by atoms with Crippen molar-refractivity contribution in [3.05, 3.63) is 55.9 Å². The van der Waals surface area contributed by atoms with E-state index in [1.165, 1.54) is 10.7 Å². The zero-order valence-electron chi connectivity index (χ0n) is 10.3. The lowest BCUT2D eigenvalue weighted by Crippen LogP contribution is -2.22. The molecule has 0 aliphatic carbocycles. The molecule has 2 aromatic rings. The van der Waals surface area contributed by atoms with Crippen LogP contribution in [0.3, 0.4) is 0 Å². The van der Waals surface area contributed by atoms with Crippen molar-refractivity contribution in [3.63, 3.8) is 0 Å². The number of nitrogens with zero attached hydrogens (tertiary/aromatic N) is 2. The number of carboxylic acids is 1. The minimum absolute atomic E-state index is 0.482. The van der Waals surface area contributed by atoms with Crippen LogP contribution < -0.4 is 5.43 Å². The molecule has 1 heterocycles. The second kappa shape index (κ2) is 4.97. The van der Waals surface area contributed by atoms with Crippen LogP contribution in [-0.2, 0) is 0 Å². The summed E-state index contributed by atoms with van der Waals surface area (Å²) in [6, 6.07) is 6.87. The molecule has 6 heteroatoms. The van der Waals surface area contributed by atoms with E-state index in [9.17, 15) is 9.59 Å². The molecule has 0 bridgehead atoms. The Balaban J connectivity index is 2.75. The Bertz CT molecular complexity index is 722. The maximum Gasteiger partial charge on any atom is 0.360 e. The molecule has 19 heavy (non-hydrogen) atoms. The Kier molecular flexibility index (Phi) is 3.53. The van der Waals surface area contributed by atoms with Crippen molar-refractivity contribution in [2.45, 2.75) is 13.8 Å². The zero-order valence-corrected chi connectivity index (χ0v) is 11.9. The third kappa shape index (κ3) is 2.58. The van der Waals surface area contributed by atoms with Gasteiger partial charge in [0, 0.05) is 16.2 Å². The van der Waals surface area contributed by atoms with Crippen molar-refractivity contribution in [1.29, 1.82) is 0 Å². The minimum atomic E-state index is -1.33. The van der Waals surface area contributed by atoms with E-state index >= 15 is 0 Å². The number of carboxylic acid groups (broad SMARTS) is 1. The van der Waals surface area contributed by atoms with E-state index in [0.717, 1.165) is 15.7 Å². The smallest absolute Gasteiger partial charge is 0.360 e. The number of hydrogen-bond donors (Lipinski definition) is 1. The summed E-state index contributed by atoms with van der Waals surface area (Å²) in [5, 5.41) is 12.9. The third-order valence-electron chi connectivity index (χ3n) is 2.71. The quantitative estimate of drug-likeness (QED) is 0.920. The second-order valence-corrected chi connectivity index (χ2v) is 5.06. The van der Waals surface area contributed by atoms with Crippen LogP contribution in [0.2, 0.25) is 0 Å². The number of hydrogen-bond acceptors (Lipinski definition) is 3. The van der Waals surface area contributed by atoms with E-state index in [1.54, 1.807) is 6.92 Å². The van der Waals surface area contributed by atoms with Gasteiger partial charge in [0.05, 0.1) is 5.69 Å². The molecule has 0 saturated heterocycles. The summed E-state index contributed by atoms with van der Waals surface area (Å²) in [5.41, 5.74) is 1.17. The number of aryl methyl sites for hydroxylation is 2. The van der Waals surface area contributed by atoms with Crippen LogP contribution in [0.5, 0.6) is 0 Å². The van der Waals surface area contributed by atoms with Gasteiger partial charge >= 0.3 is 5.97 Å². The van der Waals surface area contributed by atoms with Crippen LogP contribution in [0.4, 0.5) is 0 Å². The normalized spacial score (nSPS) is 10.5. The van der Waals surface area contributed by atoms with Gasteiger partial charge in [0.25, 0.3) is 0 Å². The van der Waals surface area contributed by atoms with Gasteiger partial charge in [-0.05, 0) is 31.5 Å². The van der Waals surface area contributed by atoms with Crippen molar-refractivity contribution in [2.24, 2.45) is 0 Å². The highest BCUT2D eigenvalue weighted by atomic mass is 79.9. The van der Waals surface area contributed by atoms with Gasteiger partial charge in [-0.3, -0.25) is 4.79 Å². The van der Waals surface area contributed by atoms with Crippen molar-refractivity contribution in [1.82, 2.24) is 9.78 Å². The predicted molar refractivity (Wildman–Crippen MR) is 74.0 cm³/mol. The number of aromatic carboxylic acids is 1. The fourth-order valence-electron chi connectivity index (χ4n) is 1.75. The van der Waals surface area contributed by atoms with E-state index in [1.807, 2.05) is 25.1 Å². The lowest BCUT2D eigenvalue weighted by molar-refractivity contribution is 0.0686. The first kappa shape index (κ1) is 13.5. The first-order chi connectivity index (χ1) is 8.90. The Morgan fingerprint density at radius 2 is 2.00 bits per heavy atom. The van der Waals surface area contributed by atoms with Crippen molar-refractivity contribution in [2.75, 3.05) is 0 Å². The molecule has 0 spiro atoms. The molecule has 2 rings (SSSR count). The van der Waals surface area contributed by atoms with Crippen LogP contribution >= 0.6 is 15.9 Å². The standard InChI is InChI=1S/C13H11BrN2O3/c1-7-3-4-9(14)6-10(7)16-8(2)5-11(17)12(15-16)13(18)19/h3-6H,1-2H3,(H,18,19). The third-order valence-corrected chi connectivity index (χ3v) is 3.20. The number of halogens is 1. The average Bonchev–Trinajstić information content (AvgIpc) is 2.32. The topological polar surface area (TPSA) is 72.2 Å². The lowest BCUT2D eigenvalue weighted by atomic mass is 10.2. The highest BCUT2D eigenvalue weighted by Crippen LogP contribution is 2.20. The molecular formula is C13H11BrN2O3. The highest BCUT2D eigenvalue weighted by Gasteiger charge is 2.14. The van der Waals surface area contributed by atoms with Crippen LogP contribution in [-0.4, -0.2) is 20.9 Å². The van der Waals surface area contributed by atoms with E-state index in [0.29, 0.717) is 5.69 Å². The van der Waals surface area contributed by atoms with Gasteiger partial charge in [0.15, 0.2) is 0 Å². The van der Waals surface area contributed by atoms with Crippen molar-refractivity contribution >= 4 is 21.9 Å². The molecule has 0 atom stereocenters. The molecule has 0 saturated carbocycles. The first-order valence-corrected chi connectivity index (χ1v) is 6.30. The number of carbonyl (C=O) groups is 1. The maximum atomic E-state index is 11.6. The molecule has 1 aromatic carbocycles. The van der Waals surface area contributed by atoms with Crippen LogP contribution in [0.15, 0.2) is 33.5 Å². The molecule has 98 valence electrons. The average molecular weight is 323 g/mol. The zero-order chi connectivity index (χ0) is 14.2. The van der Waals surface area contributed by atoms with Gasteiger partial charge in [-0.2, -0.15) is 5.10 Å². The fourth-order valence-corrected chi connectivity index (χ4v) is 2.10. The molecule has 0 fully saturated rings. The monoisotopic (exact) mass is 322 g/mol. The summed E-state index contributed by atoms with van der Waals surface area (Å²) in [6.45, 7) is 3.60. The SMILES string of the molecule is Cc1ccc(Br)cc1-n1nc(C(=O)O)c(=O)cc1C. The predicted octanol–water partition coefficient (Wildman–Crippen LogP) is 2.31. The van der Waals surface area contributed by atoms with Gasteiger partial charge in [-0.15, -0.1) is 0 Å². The van der Waals surface area contributed by atoms with Gasteiger partial charge in [0.1, 0.15) is 0 Å². The molecule has 0 radical (unpaired) electrons. The summed E-state index contributed by atoms with van der Waals surface area (Å²) in [7, 11) is 0. The van der Waals surface area contributed by atoms with Gasteiger partial charge in [-0.25, -0.2) is 9.48 Å². The van der Waals surface area contributed by atoms with E-state index in [4.69, 9.17) is 5.11 Å². The van der Waals surface area contributed by atoms with Gasteiger partial charge < -0.3 is 5.11 Å². The highest BCUT2D eigenvalue weighted by molar-refractivity contribution is 9.10. The summed E-state index contributed by atoms with van der Waals surface area (Å²) in [6.07, 6.45) is 0. The van der Waals surface area contributed by atoms with E-state index in [-0.39, 0.29) is 0 Å². The number of rotatable bonds is 2. The minimum Gasteiger partial charge on any atom is -0.476 e. The lowest BCUT2D eigenvalue weighted by Gasteiger charge is -2.12. The second-order valence-electron chi connectivity index (χ2n) is 4.15. The Morgan fingerprint density at radius 3 is 2.63 bits per heavy atom. The van der Waals surface area contributed by atoms with Crippen molar-refractivity contribution < 1.29 is 9.90 Å². The Hall–Kier alpha value is -1.95. The molecule has 1 aromatic heterocycles. The molecule has 1 N–H and O–H groups in total. The summed E-state index contributed by atoms with van der Waals surface area (Å²) in [5.74, 6) is -1.33. The van der Waals surface area contributed by atoms with E-state index < -0.39 is 17.1 Å². The molecule has 0 amide bonds. The number of benzene rings is 1. The van der Waals surface area contributed by atoms with Crippen LogP contribution in [0, 0.1) is 13.8 Å². The maximum absolute atomic E-state index is 11.6. The Morgan fingerprint density at radius 1 is 1.32 bits per heavy atom. The fraction of sp³-hybridized carbons (Fsp3) is 0.154. The van der Waals surface area contributed by atoms with Gasteiger partial charge in [-0.1, -0.05) is 22.0 Å². The molecule has 0 aliphatic heterocycles. The van der Waals surface area contributed by atoms with Crippen LogP contribution in [0.1, 0.15) is 21.7 Å². The van der Waals surface area contributed by atoms with Crippen molar-refractivity contribution in [3.8, 4) is 5.69 Å². The molecular weight excluding hydrogens is 312 g/mol. The summed E-state index contributed by atoms with van der Waals surface area (Å²) < 4.78 is 2.31. The van der Waals surface area contributed by atoms with Gasteiger partial charge in [0.2, 0.25) is 11.1 Å².